The van der Waals surface area contributed by atoms with Crippen molar-refractivity contribution in [1.29, 1.82) is 0 Å². The monoisotopic (exact) mass is 222 g/mol. The summed E-state index contributed by atoms with van der Waals surface area (Å²) in [5.74, 6) is -0.289. The van der Waals surface area contributed by atoms with E-state index in [9.17, 15) is 9.18 Å². The van der Waals surface area contributed by atoms with Crippen LogP contribution in [0.25, 0.3) is 0 Å². The smallest absolute Gasteiger partial charge is 0.128 e. The molecule has 2 rings (SSSR count). The van der Waals surface area contributed by atoms with Crippen molar-refractivity contribution in [3.63, 3.8) is 0 Å². The van der Waals surface area contributed by atoms with Gasteiger partial charge in [-0.2, -0.15) is 0 Å². The number of halogens is 1. The Morgan fingerprint density at radius 2 is 2.12 bits per heavy atom. The Bertz CT molecular complexity index is 375. The summed E-state index contributed by atoms with van der Waals surface area (Å²) in [5.41, 5.74) is 1.36. The molecule has 0 amide bonds. The fraction of sp³-hybridized carbons (Fsp3) is 0.417. The van der Waals surface area contributed by atoms with E-state index in [1.807, 2.05) is 6.07 Å². The minimum Gasteiger partial charge on any atom is -0.369 e. The molecule has 4 heteroatoms. The molecule has 1 N–H and O–H groups in total. The van der Waals surface area contributed by atoms with Gasteiger partial charge in [0.1, 0.15) is 12.1 Å². The van der Waals surface area contributed by atoms with E-state index in [0.717, 1.165) is 38.2 Å². The van der Waals surface area contributed by atoms with Crippen LogP contribution in [0.15, 0.2) is 18.2 Å². The molecule has 86 valence electrons. The second kappa shape index (κ2) is 5.07. The predicted molar refractivity (Wildman–Crippen MR) is 61.3 cm³/mol. The molecule has 1 heterocycles. The zero-order valence-electron chi connectivity index (χ0n) is 9.08. The van der Waals surface area contributed by atoms with Crippen molar-refractivity contribution in [2.75, 3.05) is 31.1 Å². The number of hydrogen-bond donors (Lipinski definition) is 1. The first-order chi connectivity index (χ1) is 7.81. The molecule has 0 radical (unpaired) electrons. The van der Waals surface area contributed by atoms with Crippen LogP contribution < -0.4 is 10.2 Å². The normalized spacial score (nSPS) is 16.2. The lowest BCUT2D eigenvalue weighted by Gasteiger charge is -2.29. The van der Waals surface area contributed by atoms with Gasteiger partial charge in [0.25, 0.3) is 0 Å². The quantitative estimate of drug-likeness (QED) is 0.774. The number of rotatable bonds is 3. The van der Waals surface area contributed by atoms with Crippen molar-refractivity contribution in [2.24, 2.45) is 0 Å². The van der Waals surface area contributed by atoms with E-state index in [0.29, 0.717) is 5.56 Å². The van der Waals surface area contributed by atoms with Gasteiger partial charge in [0.05, 0.1) is 0 Å². The maximum absolute atomic E-state index is 13.6. The van der Waals surface area contributed by atoms with E-state index in [2.05, 4.69) is 10.2 Å². The van der Waals surface area contributed by atoms with Crippen LogP contribution in [0, 0.1) is 5.82 Å². The van der Waals surface area contributed by atoms with E-state index >= 15 is 0 Å². The molecule has 0 aromatic heterocycles. The first-order valence-electron chi connectivity index (χ1n) is 5.49. The van der Waals surface area contributed by atoms with Gasteiger partial charge >= 0.3 is 0 Å². The number of carbonyl (C=O) groups is 1. The van der Waals surface area contributed by atoms with Crippen molar-refractivity contribution in [1.82, 2.24) is 5.32 Å². The Morgan fingerprint density at radius 3 is 2.75 bits per heavy atom. The zero-order valence-corrected chi connectivity index (χ0v) is 9.08. The highest BCUT2D eigenvalue weighted by molar-refractivity contribution is 5.57. The first-order valence-corrected chi connectivity index (χ1v) is 5.49. The van der Waals surface area contributed by atoms with Gasteiger partial charge in [0.15, 0.2) is 0 Å². The van der Waals surface area contributed by atoms with Crippen molar-refractivity contribution in [3.05, 3.63) is 29.6 Å². The second-order valence-corrected chi connectivity index (χ2v) is 3.88. The number of carbonyl (C=O) groups excluding carboxylic acids is 1. The van der Waals surface area contributed by atoms with Crippen LogP contribution in [0.1, 0.15) is 5.56 Å². The molecule has 0 saturated carbocycles. The Balaban J connectivity index is 2.16. The number of piperazine rings is 1. The first kappa shape index (κ1) is 11.1. The molecule has 3 nitrogen and oxygen atoms in total. The van der Waals surface area contributed by atoms with Crippen LogP contribution in [-0.4, -0.2) is 32.5 Å². The maximum Gasteiger partial charge on any atom is 0.128 e. The van der Waals surface area contributed by atoms with Crippen LogP contribution in [0.4, 0.5) is 10.1 Å². The van der Waals surface area contributed by atoms with Crippen molar-refractivity contribution < 1.29 is 9.18 Å². The minimum absolute atomic E-state index is 0.146. The number of benzene rings is 1. The third-order valence-electron chi connectivity index (χ3n) is 2.82. The van der Waals surface area contributed by atoms with Gasteiger partial charge in [-0.1, -0.05) is 6.07 Å². The van der Waals surface area contributed by atoms with Gasteiger partial charge in [-0.15, -0.1) is 0 Å². The van der Waals surface area contributed by atoms with Crippen molar-refractivity contribution in [3.8, 4) is 0 Å². The van der Waals surface area contributed by atoms with Gasteiger partial charge in [-0.3, -0.25) is 0 Å². The van der Waals surface area contributed by atoms with Gasteiger partial charge < -0.3 is 15.0 Å². The summed E-state index contributed by atoms with van der Waals surface area (Å²) in [5, 5.41) is 3.25. The molecule has 1 aromatic carbocycles. The molecule has 0 unspecified atom stereocenters. The molecule has 1 aliphatic heterocycles. The van der Waals surface area contributed by atoms with Gasteiger partial charge in [0.2, 0.25) is 0 Å². The number of anilines is 1. The fourth-order valence-corrected chi connectivity index (χ4v) is 1.91. The third-order valence-corrected chi connectivity index (χ3v) is 2.82. The highest BCUT2D eigenvalue weighted by Crippen LogP contribution is 2.19. The average molecular weight is 222 g/mol. The topological polar surface area (TPSA) is 32.3 Å². The van der Waals surface area contributed by atoms with Crippen LogP contribution in [0.3, 0.4) is 0 Å². The van der Waals surface area contributed by atoms with E-state index in [1.54, 1.807) is 6.07 Å². The Hall–Kier alpha value is -1.42. The average Bonchev–Trinajstić information content (AvgIpc) is 2.33. The lowest BCUT2D eigenvalue weighted by Crippen LogP contribution is -2.43. The lowest BCUT2D eigenvalue weighted by molar-refractivity contribution is -0.107. The predicted octanol–water partition coefficient (Wildman–Crippen LogP) is 0.977. The molecule has 1 saturated heterocycles. The second-order valence-electron chi connectivity index (χ2n) is 3.88. The zero-order chi connectivity index (χ0) is 11.4. The molecule has 1 aromatic rings. The highest BCUT2D eigenvalue weighted by Gasteiger charge is 2.12. The molecule has 1 fully saturated rings. The Labute approximate surface area is 94.3 Å². The van der Waals surface area contributed by atoms with Gasteiger partial charge in [-0.25, -0.2) is 4.39 Å². The van der Waals surface area contributed by atoms with E-state index < -0.39 is 0 Å². The molecule has 16 heavy (non-hydrogen) atoms. The third kappa shape index (κ3) is 2.39. The van der Waals surface area contributed by atoms with Crippen LogP contribution in [-0.2, 0) is 11.2 Å². The summed E-state index contributed by atoms with van der Waals surface area (Å²) < 4.78 is 13.6. The molecular weight excluding hydrogens is 207 g/mol. The number of nitrogens with zero attached hydrogens (tertiary/aromatic N) is 1. The van der Waals surface area contributed by atoms with E-state index in [1.165, 1.54) is 6.07 Å². The van der Waals surface area contributed by atoms with Crippen molar-refractivity contribution in [2.45, 2.75) is 6.42 Å². The van der Waals surface area contributed by atoms with E-state index in [-0.39, 0.29) is 12.2 Å². The summed E-state index contributed by atoms with van der Waals surface area (Å²) in [6.45, 7) is 3.65. The SMILES string of the molecule is O=CCc1ccc(N2CCNCC2)cc1F. The molecule has 0 atom stereocenters. The lowest BCUT2D eigenvalue weighted by atomic mass is 10.1. The number of aldehydes is 1. The molecule has 0 aliphatic carbocycles. The van der Waals surface area contributed by atoms with Crippen LogP contribution >= 0.6 is 0 Å². The van der Waals surface area contributed by atoms with Crippen LogP contribution in [0.5, 0.6) is 0 Å². The highest BCUT2D eigenvalue weighted by atomic mass is 19.1. The molecular formula is C12H15FN2O. The van der Waals surface area contributed by atoms with Gasteiger partial charge in [0, 0.05) is 38.3 Å². The molecule has 0 spiro atoms. The molecule has 1 aliphatic rings. The van der Waals surface area contributed by atoms with Crippen molar-refractivity contribution >= 4 is 12.0 Å². The largest absolute Gasteiger partial charge is 0.369 e. The number of nitrogens with one attached hydrogen (secondary N) is 1. The fourth-order valence-electron chi connectivity index (χ4n) is 1.91. The standard InChI is InChI=1S/C12H15FN2O/c13-12-9-11(2-1-10(12)3-8-16)15-6-4-14-5-7-15/h1-2,8-9,14H,3-7H2. The van der Waals surface area contributed by atoms with E-state index in [4.69, 9.17) is 0 Å². The summed E-state index contributed by atoms with van der Waals surface area (Å²) in [6, 6.07) is 5.10. The minimum atomic E-state index is -0.289. The summed E-state index contributed by atoms with van der Waals surface area (Å²) in [6.07, 6.45) is 0.872. The van der Waals surface area contributed by atoms with Gasteiger partial charge in [-0.05, 0) is 17.7 Å². The maximum atomic E-state index is 13.6. The number of hydrogen-bond acceptors (Lipinski definition) is 3. The summed E-state index contributed by atoms with van der Waals surface area (Å²) in [7, 11) is 0. The molecule has 0 bridgehead atoms. The van der Waals surface area contributed by atoms with Crippen LogP contribution in [0.2, 0.25) is 0 Å². The summed E-state index contributed by atoms with van der Waals surface area (Å²) in [4.78, 5) is 12.5. The summed E-state index contributed by atoms with van der Waals surface area (Å²) >= 11 is 0. The Kier molecular flexibility index (Phi) is 3.51. The Morgan fingerprint density at radius 1 is 1.38 bits per heavy atom.